The van der Waals surface area contributed by atoms with Crippen LogP contribution >= 0.6 is 23.5 Å². The lowest BCUT2D eigenvalue weighted by Gasteiger charge is -2.18. The van der Waals surface area contributed by atoms with Gasteiger partial charge in [-0.2, -0.15) is 16.4 Å². The molecule has 0 N–H and O–H groups in total. The van der Waals surface area contributed by atoms with Gasteiger partial charge in [0.05, 0.1) is 17.2 Å². The minimum Gasteiger partial charge on any atom is -0.293 e. The van der Waals surface area contributed by atoms with Crippen molar-refractivity contribution in [3.05, 3.63) is 102 Å². The van der Waals surface area contributed by atoms with Crippen molar-refractivity contribution < 1.29 is 9.59 Å². The lowest BCUT2D eigenvalue weighted by atomic mass is 9.86. The van der Waals surface area contributed by atoms with Crippen LogP contribution in [0.2, 0.25) is 0 Å². The van der Waals surface area contributed by atoms with E-state index in [-0.39, 0.29) is 17.0 Å². The van der Waals surface area contributed by atoms with Gasteiger partial charge in [0.15, 0.2) is 11.6 Å². The van der Waals surface area contributed by atoms with E-state index in [4.69, 9.17) is 0 Å². The zero-order valence-electron chi connectivity index (χ0n) is 20.9. The molecule has 1 heterocycles. The number of carbonyl (C=O) groups is 2. The highest BCUT2D eigenvalue weighted by Gasteiger charge is 2.16. The summed E-state index contributed by atoms with van der Waals surface area (Å²) in [6.07, 6.45) is 1.93. The Kier molecular flexibility index (Phi) is 10.0. The summed E-state index contributed by atoms with van der Waals surface area (Å²) in [5, 5.41) is 12.3. The van der Waals surface area contributed by atoms with Gasteiger partial charge in [0.1, 0.15) is 0 Å². The third-order valence-electron chi connectivity index (χ3n) is 5.22. The Morgan fingerprint density at radius 1 is 0.778 bits per heavy atom. The van der Waals surface area contributed by atoms with Crippen molar-refractivity contribution in [1.82, 2.24) is 20.2 Å². The minimum absolute atomic E-state index is 0.0630. The van der Waals surface area contributed by atoms with Crippen molar-refractivity contribution in [2.75, 3.05) is 17.8 Å². The van der Waals surface area contributed by atoms with Crippen LogP contribution in [0, 0.1) is 0 Å². The number of thioether (sulfide) groups is 2. The third kappa shape index (κ3) is 7.90. The maximum atomic E-state index is 12.4. The Hall–Kier alpha value is -3.23. The zero-order chi connectivity index (χ0) is 26.0. The van der Waals surface area contributed by atoms with E-state index in [0.717, 1.165) is 11.3 Å². The molecule has 186 valence electrons. The minimum atomic E-state index is 0.0630. The smallest absolute Gasteiger partial charge is 0.214 e. The summed E-state index contributed by atoms with van der Waals surface area (Å²) >= 11 is 2.89. The Labute approximate surface area is 220 Å². The number of hydrogen-bond acceptors (Lipinski definition) is 7. The second-order valence-corrected chi connectivity index (χ2v) is 10.8. The molecular weight excluding hydrogens is 488 g/mol. The van der Waals surface area contributed by atoms with Crippen LogP contribution in [0.5, 0.6) is 0 Å². The fourth-order valence-corrected chi connectivity index (χ4v) is 4.42. The van der Waals surface area contributed by atoms with Gasteiger partial charge < -0.3 is 0 Å². The van der Waals surface area contributed by atoms with Crippen molar-refractivity contribution in [2.45, 2.75) is 31.3 Å². The van der Waals surface area contributed by atoms with Crippen molar-refractivity contribution in [3.63, 3.8) is 0 Å². The third-order valence-corrected chi connectivity index (χ3v) is 6.69. The molecule has 0 aliphatic rings. The average molecular weight is 519 g/mol. The second-order valence-electron chi connectivity index (χ2n) is 8.97. The molecule has 4 rings (SSSR count). The highest BCUT2D eigenvalue weighted by molar-refractivity contribution is 7.99. The molecule has 0 saturated carbocycles. The predicted octanol–water partition coefficient (Wildman–Crippen LogP) is 6.17. The molecule has 0 aliphatic carbocycles. The zero-order valence-corrected chi connectivity index (χ0v) is 22.6. The number of nitrogens with zero attached hydrogens (tertiary/aromatic N) is 4. The average Bonchev–Trinajstić information content (AvgIpc) is 3.37. The molecule has 0 saturated heterocycles. The molecule has 3 aromatic carbocycles. The molecule has 36 heavy (non-hydrogen) atoms. The first-order valence-electron chi connectivity index (χ1n) is 11.5. The van der Waals surface area contributed by atoms with Gasteiger partial charge in [0.2, 0.25) is 5.16 Å². The fourth-order valence-electron chi connectivity index (χ4n) is 3.21. The SMILES string of the molecule is CC(C)(C)c1ccc(C(=O)CSc2nnnn2-c2ccccc2)cc1.CSCC(=O)c1ccccc1. The number of carbonyl (C=O) groups excluding carboxylic acids is 2. The van der Waals surface area contributed by atoms with Crippen molar-refractivity contribution >= 4 is 35.1 Å². The predicted molar refractivity (Wildman–Crippen MR) is 149 cm³/mol. The number of para-hydroxylation sites is 1. The van der Waals surface area contributed by atoms with Gasteiger partial charge in [0.25, 0.3) is 0 Å². The molecule has 8 heteroatoms. The molecule has 0 unspecified atom stereocenters. The van der Waals surface area contributed by atoms with Crippen LogP contribution in [0.15, 0.2) is 90.1 Å². The molecule has 1 aromatic heterocycles. The van der Waals surface area contributed by atoms with Crippen molar-refractivity contribution in [1.29, 1.82) is 0 Å². The number of Topliss-reactive ketones (excluding diaryl/α,β-unsaturated/α-hetero) is 2. The summed E-state index contributed by atoms with van der Waals surface area (Å²) in [4.78, 5) is 23.7. The van der Waals surface area contributed by atoms with E-state index in [2.05, 4.69) is 36.3 Å². The molecular formula is C28H30N4O2S2. The quantitative estimate of drug-likeness (QED) is 0.204. The number of rotatable bonds is 8. The first-order valence-corrected chi connectivity index (χ1v) is 13.8. The maximum Gasteiger partial charge on any atom is 0.214 e. The molecule has 0 bridgehead atoms. The van der Waals surface area contributed by atoms with E-state index in [9.17, 15) is 9.59 Å². The molecule has 0 amide bonds. The van der Waals surface area contributed by atoms with E-state index < -0.39 is 0 Å². The molecule has 0 atom stereocenters. The van der Waals surface area contributed by atoms with E-state index in [0.29, 0.717) is 22.2 Å². The van der Waals surface area contributed by atoms with Gasteiger partial charge in [-0.1, -0.05) is 105 Å². The summed E-state index contributed by atoms with van der Waals surface area (Å²) in [5.74, 6) is 1.14. The summed E-state index contributed by atoms with van der Waals surface area (Å²) < 4.78 is 1.64. The van der Waals surface area contributed by atoms with Gasteiger partial charge in [-0.05, 0) is 39.8 Å². The number of ketones is 2. The Morgan fingerprint density at radius 3 is 1.92 bits per heavy atom. The monoisotopic (exact) mass is 518 g/mol. The summed E-state index contributed by atoms with van der Waals surface area (Å²) in [6.45, 7) is 6.47. The molecule has 6 nitrogen and oxygen atoms in total. The van der Waals surface area contributed by atoms with E-state index in [1.54, 1.807) is 16.4 Å². The number of aromatic nitrogens is 4. The van der Waals surface area contributed by atoms with Crippen LogP contribution in [0.3, 0.4) is 0 Å². The van der Waals surface area contributed by atoms with Crippen molar-refractivity contribution in [3.8, 4) is 5.69 Å². The van der Waals surface area contributed by atoms with Crippen LogP contribution in [-0.4, -0.2) is 49.5 Å². The summed E-state index contributed by atoms with van der Waals surface area (Å²) in [6, 6.07) is 26.8. The van der Waals surface area contributed by atoms with Crippen LogP contribution in [0.25, 0.3) is 5.69 Å². The number of benzene rings is 3. The van der Waals surface area contributed by atoms with E-state index >= 15 is 0 Å². The van der Waals surface area contributed by atoms with Crippen LogP contribution < -0.4 is 0 Å². The van der Waals surface area contributed by atoms with Gasteiger partial charge in [-0.15, -0.1) is 5.10 Å². The molecule has 0 fully saturated rings. The maximum absolute atomic E-state index is 12.4. The highest BCUT2D eigenvalue weighted by Crippen LogP contribution is 2.23. The second kappa shape index (κ2) is 13.2. The highest BCUT2D eigenvalue weighted by atomic mass is 32.2. The number of tetrazole rings is 1. The Bertz CT molecular complexity index is 1250. The van der Waals surface area contributed by atoms with Gasteiger partial charge >= 0.3 is 0 Å². The van der Waals surface area contributed by atoms with Crippen molar-refractivity contribution in [2.24, 2.45) is 0 Å². The summed E-state index contributed by atoms with van der Waals surface area (Å²) in [5.41, 5.74) is 3.68. The van der Waals surface area contributed by atoms with E-state index in [1.807, 2.05) is 91.2 Å². The molecule has 0 radical (unpaired) electrons. The normalized spacial score (nSPS) is 10.9. The first kappa shape index (κ1) is 27.4. The molecule has 4 aromatic rings. The Balaban J connectivity index is 0.000000275. The van der Waals surface area contributed by atoms with Gasteiger partial charge in [-0.3, -0.25) is 9.59 Å². The Morgan fingerprint density at radius 2 is 1.33 bits per heavy atom. The van der Waals surface area contributed by atoms with Crippen LogP contribution in [-0.2, 0) is 5.41 Å². The lowest BCUT2D eigenvalue weighted by molar-refractivity contribution is 0.101. The largest absolute Gasteiger partial charge is 0.293 e. The fraction of sp³-hybridized carbons (Fsp3) is 0.250. The van der Waals surface area contributed by atoms with E-state index in [1.165, 1.54) is 17.3 Å². The number of hydrogen-bond donors (Lipinski definition) is 0. The topological polar surface area (TPSA) is 77.7 Å². The molecule has 0 aliphatic heterocycles. The molecule has 0 spiro atoms. The summed E-state index contributed by atoms with van der Waals surface area (Å²) in [7, 11) is 0. The van der Waals surface area contributed by atoms with Gasteiger partial charge in [0, 0.05) is 11.1 Å². The lowest BCUT2D eigenvalue weighted by Crippen LogP contribution is -2.11. The van der Waals surface area contributed by atoms with Crippen LogP contribution in [0.1, 0.15) is 47.1 Å². The standard InChI is InChI=1S/C19H20N4OS.C9H10OS/c1-19(2,3)15-11-9-14(10-12-15)17(24)13-25-18-20-21-22-23(18)16-7-5-4-6-8-16;1-11-7-9(10)8-5-3-2-4-6-8/h4-12H,13H2,1-3H3;2-6H,7H2,1H3. The van der Waals surface area contributed by atoms with Gasteiger partial charge in [-0.25, -0.2) is 0 Å². The van der Waals surface area contributed by atoms with Crippen LogP contribution in [0.4, 0.5) is 0 Å². The first-order chi connectivity index (χ1) is 17.3.